The molecule has 2 nitrogen and oxygen atoms in total. The summed E-state index contributed by atoms with van der Waals surface area (Å²) in [6.45, 7) is 12.1. The van der Waals surface area contributed by atoms with Crippen molar-refractivity contribution >= 4 is 0 Å². The number of ether oxygens (including phenoxy) is 1. The van der Waals surface area contributed by atoms with Crippen molar-refractivity contribution in [3.05, 3.63) is 0 Å². The van der Waals surface area contributed by atoms with Crippen molar-refractivity contribution in [2.75, 3.05) is 26.2 Å². The zero-order valence-corrected chi connectivity index (χ0v) is 14.9. The Morgan fingerprint density at radius 2 is 1.86 bits per heavy atom. The van der Waals surface area contributed by atoms with E-state index in [1.54, 1.807) is 0 Å². The predicted octanol–water partition coefficient (Wildman–Crippen LogP) is 4.59. The van der Waals surface area contributed by atoms with Crippen LogP contribution in [0.2, 0.25) is 0 Å². The summed E-state index contributed by atoms with van der Waals surface area (Å²) in [5.74, 6) is -3.11. The van der Waals surface area contributed by atoms with Gasteiger partial charge in [0.1, 0.15) is 0 Å². The largest absolute Gasteiger partial charge is 0.378 e. The van der Waals surface area contributed by atoms with Gasteiger partial charge in [-0.1, -0.05) is 20.8 Å². The van der Waals surface area contributed by atoms with Gasteiger partial charge < -0.3 is 4.74 Å². The summed E-state index contributed by atoms with van der Waals surface area (Å²) in [4.78, 5) is 2.00. The lowest BCUT2D eigenvalue weighted by Gasteiger charge is -2.37. The SMILES string of the molecule is CC(C)OCC1(CN2CCCC(C(C)(C)C)C(F)(F)C2)CC1. The van der Waals surface area contributed by atoms with Gasteiger partial charge in [-0.25, -0.2) is 8.78 Å². The van der Waals surface area contributed by atoms with Gasteiger partial charge in [-0.05, 0) is 51.5 Å². The van der Waals surface area contributed by atoms with Gasteiger partial charge in [-0.15, -0.1) is 0 Å². The molecule has 2 fully saturated rings. The summed E-state index contributed by atoms with van der Waals surface area (Å²) >= 11 is 0. The molecule has 1 aliphatic heterocycles. The molecule has 0 aromatic rings. The van der Waals surface area contributed by atoms with E-state index in [1.165, 1.54) is 0 Å². The number of hydrogen-bond donors (Lipinski definition) is 0. The molecule has 0 aromatic carbocycles. The van der Waals surface area contributed by atoms with E-state index >= 15 is 0 Å². The molecular formula is C18H33F2NO. The van der Waals surface area contributed by atoms with Crippen LogP contribution in [-0.4, -0.2) is 43.2 Å². The smallest absolute Gasteiger partial charge is 0.263 e. The minimum atomic E-state index is -2.59. The van der Waals surface area contributed by atoms with Crippen molar-refractivity contribution in [2.24, 2.45) is 16.7 Å². The van der Waals surface area contributed by atoms with Crippen LogP contribution >= 0.6 is 0 Å². The molecule has 0 N–H and O–H groups in total. The third kappa shape index (κ3) is 4.64. The number of halogens is 2. The van der Waals surface area contributed by atoms with Gasteiger partial charge in [-0.2, -0.15) is 0 Å². The number of hydrogen-bond acceptors (Lipinski definition) is 2. The second-order valence-corrected chi connectivity index (χ2v) is 8.89. The zero-order valence-electron chi connectivity index (χ0n) is 14.9. The Morgan fingerprint density at radius 1 is 1.23 bits per heavy atom. The molecule has 0 radical (unpaired) electrons. The van der Waals surface area contributed by atoms with Crippen molar-refractivity contribution in [1.29, 1.82) is 0 Å². The Hall–Kier alpha value is -0.220. The zero-order chi connectivity index (χ0) is 16.6. The fourth-order valence-corrected chi connectivity index (χ4v) is 3.76. The van der Waals surface area contributed by atoms with E-state index in [0.29, 0.717) is 6.42 Å². The minimum Gasteiger partial charge on any atom is -0.378 e. The maximum absolute atomic E-state index is 14.7. The molecule has 0 amide bonds. The lowest BCUT2D eigenvalue weighted by Crippen LogP contribution is -2.45. The van der Waals surface area contributed by atoms with Crippen LogP contribution in [0.25, 0.3) is 0 Å². The highest BCUT2D eigenvalue weighted by Gasteiger charge is 2.50. The molecule has 0 aromatic heterocycles. The molecule has 1 heterocycles. The second-order valence-electron chi connectivity index (χ2n) is 8.89. The van der Waals surface area contributed by atoms with E-state index in [9.17, 15) is 8.78 Å². The Labute approximate surface area is 134 Å². The maximum Gasteiger partial charge on any atom is 0.263 e. The first-order valence-electron chi connectivity index (χ1n) is 8.76. The van der Waals surface area contributed by atoms with Crippen LogP contribution in [0.4, 0.5) is 8.78 Å². The molecule has 130 valence electrons. The van der Waals surface area contributed by atoms with Crippen LogP contribution < -0.4 is 0 Å². The van der Waals surface area contributed by atoms with E-state index in [0.717, 1.165) is 39.0 Å². The van der Waals surface area contributed by atoms with Gasteiger partial charge in [0.15, 0.2) is 0 Å². The highest BCUT2D eigenvalue weighted by Crippen LogP contribution is 2.49. The van der Waals surface area contributed by atoms with Crippen LogP contribution in [-0.2, 0) is 4.74 Å². The van der Waals surface area contributed by atoms with Crippen LogP contribution in [0.5, 0.6) is 0 Å². The van der Waals surface area contributed by atoms with Crippen LogP contribution in [0.15, 0.2) is 0 Å². The van der Waals surface area contributed by atoms with Crippen LogP contribution in [0, 0.1) is 16.7 Å². The molecule has 1 saturated heterocycles. The summed E-state index contributed by atoms with van der Waals surface area (Å²) < 4.78 is 35.2. The Bertz CT molecular complexity index is 372. The molecule has 0 spiro atoms. The molecule has 1 atom stereocenters. The third-order valence-electron chi connectivity index (χ3n) is 5.20. The van der Waals surface area contributed by atoms with Crippen molar-refractivity contribution in [2.45, 2.75) is 72.3 Å². The summed E-state index contributed by atoms with van der Waals surface area (Å²) in [5, 5.41) is 0. The number of nitrogens with zero attached hydrogens (tertiary/aromatic N) is 1. The van der Waals surface area contributed by atoms with E-state index in [2.05, 4.69) is 0 Å². The highest BCUT2D eigenvalue weighted by molar-refractivity contribution is 4.98. The lowest BCUT2D eigenvalue weighted by atomic mass is 9.74. The summed E-state index contributed by atoms with van der Waals surface area (Å²) in [6, 6.07) is 0. The monoisotopic (exact) mass is 317 g/mol. The molecular weight excluding hydrogens is 284 g/mol. The van der Waals surface area contributed by atoms with Crippen LogP contribution in [0.3, 0.4) is 0 Å². The standard InChI is InChI=1S/C18H33F2NO/c1-14(2)22-13-17(8-9-17)11-21-10-6-7-15(16(3,4)5)18(19,20)12-21/h14-15H,6-13H2,1-5H3. The molecule has 2 rings (SSSR count). The first kappa shape index (κ1) is 18.1. The van der Waals surface area contributed by atoms with Gasteiger partial charge in [0, 0.05) is 17.9 Å². The normalized spacial score (nSPS) is 28.6. The molecule has 1 saturated carbocycles. The number of alkyl halides is 2. The van der Waals surface area contributed by atoms with Gasteiger partial charge in [0.2, 0.25) is 0 Å². The minimum absolute atomic E-state index is 0.0850. The topological polar surface area (TPSA) is 12.5 Å². The quantitative estimate of drug-likeness (QED) is 0.735. The van der Waals surface area contributed by atoms with Gasteiger partial charge >= 0.3 is 0 Å². The van der Waals surface area contributed by atoms with E-state index in [-0.39, 0.29) is 23.5 Å². The van der Waals surface area contributed by atoms with Crippen molar-refractivity contribution in [3.63, 3.8) is 0 Å². The first-order chi connectivity index (χ1) is 10.0. The molecule has 22 heavy (non-hydrogen) atoms. The fraction of sp³-hybridized carbons (Fsp3) is 1.00. The summed E-state index contributed by atoms with van der Waals surface area (Å²) in [6.07, 6.45) is 3.95. The van der Waals surface area contributed by atoms with E-state index < -0.39 is 11.8 Å². The van der Waals surface area contributed by atoms with Crippen molar-refractivity contribution < 1.29 is 13.5 Å². The molecule has 1 aliphatic carbocycles. The second kappa shape index (κ2) is 6.35. The lowest BCUT2D eigenvalue weighted by molar-refractivity contribution is -0.110. The van der Waals surface area contributed by atoms with Crippen LogP contribution in [0.1, 0.15) is 60.3 Å². The number of rotatable bonds is 5. The van der Waals surface area contributed by atoms with Gasteiger partial charge in [0.25, 0.3) is 5.92 Å². The summed E-state index contributed by atoms with van der Waals surface area (Å²) in [7, 11) is 0. The predicted molar refractivity (Wildman–Crippen MR) is 86.3 cm³/mol. The van der Waals surface area contributed by atoms with Gasteiger partial charge in [-0.3, -0.25) is 4.90 Å². The fourth-order valence-electron chi connectivity index (χ4n) is 3.76. The van der Waals surface area contributed by atoms with E-state index in [4.69, 9.17) is 4.74 Å². The van der Waals surface area contributed by atoms with Gasteiger partial charge in [0.05, 0.1) is 19.3 Å². The molecule has 2 aliphatic rings. The Morgan fingerprint density at radius 3 is 2.36 bits per heavy atom. The Kier molecular flexibility index (Phi) is 5.23. The molecule has 0 bridgehead atoms. The molecule has 4 heteroatoms. The highest BCUT2D eigenvalue weighted by atomic mass is 19.3. The number of likely N-dealkylation sites (tertiary alicyclic amines) is 1. The molecule has 1 unspecified atom stereocenters. The first-order valence-corrected chi connectivity index (χ1v) is 8.76. The average Bonchev–Trinajstić information content (AvgIpc) is 3.11. The summed E-state index contributed by atoms with van der Waals surface area (Å²) in [5.41, 5.74) is -0.195. The maximum atomic E-state index is 14.7. The van der Waals surface area contributed by atoms with Crippen molar-refractivity contribution in [3.8, 4) is 0 Å². The third-order valence-corrected chi connectivity index (χ3v) is 5.20. The Balaban J connectivity index is 1.96. The average molecular weight is 317 g/mol. The van der Waals surface area contributed by atoms with Crippen molar-refractivity contribution in [1.82, 2.24) is 4.90 Å². The van der Waals surface area contributed by atoms with E-state index in [1.807, 2.05) is 39.5 Å².